The molecular weight excluding hydrogens is 390 g/mol. The molecule has 4 rings (SSSR count). The number of hydrogen-bond acceptors (Lipinski definition) is 4. The number of aromatic amines is 1. The smallest absolute Gasteiger partial charge is 0.425 e. The standard InChI is InChI=1S/C25H27N3O3/c1-25(2,3)23-22(18-8-6-7-9-19(18)26-23)21-17-12-11-16(30-4)14-15(17)10-13-20(21)27-28-24(29)31-5/h6-14,26-27H,1-5H3,(H,28,29). The van der Waals surface area contributed by atoms with Crippen molar-refractivity contribution in [3.63, 3.8) is 0 Å². The molecule has 0 fully saturated rings. The summed E-state index contributed by atoms with van der Waals surface area (Å²) >= 11 is 0. The van der Waals surface area contributed by atoms with Crippen LogP contribution in [-0.2, 0) is 10.2 Å². The van der Waals surface area contributed by atoms with Gasteiger partial charge in [-0.1, -0.05) is 45.0 Å². The number of aromatic nitrogens is 1. The van der Waals surface area contributed by atoms with E-state index in [0.717, 1.165) is 49.9 Å². The molecule has 0 saturated carbocycles. The maximum atomic E-state index is 11.8. The maximum absolute atomic E-state index is 11.8. The second-order valence-corrected chi connectivity index (χ2v) is 8.49. The molecule has 1 amide bonds. The fraction of sp³-hybridized carbons (Fsp3) is 0.240. The average Bonchev–Trinajstić information content (AvgIpc) is 3.16. The molecule has 6 nitrogen and oxygen atoms in total. The van der Waals surface area contributed by atoms with Gasteiger partial charge in [0.1, 0.15) is 5.75 Å². The fourth-order valence-electron chi connectivity index (χ4n) is 3.94. The molecule has 1 aromatic heterocycles. The van der Waals surface area contributed by atoms with Crippen molar-refractivity contribution < 1.29 is 14.3 Å². The number of amides is 1. The zero-order valence-electron chi connectivity index (χ0n) is 18.4. The van der Waals surface area contributed by atoms with Gasteiger partial charge in [-0.05, 0) is 41.1 Å². The SMILES string of the molecule is COC(=O)NNc1ccc2cc(OC)ccc2c1-c1c(C(C)(C)C)[nH]c2ccccc12. The highest BCUT2D eigenvalue weighted by molar-refractivity contribution is 6.11. The number of carbonyl (C=O) groups is 1. The van der Waals surface area contributed by atoms with Gasteiger partial charge < -0.3 is 14.5 Å². The first-order valence-corrected chi connectivity index (χ1v) is 10.2. The molecule has 0 spiro atoms. The maximum Gasteiger partial charge on any atom is 0.425 e. The van der Waals surface area contributed by atoms with Gasteiger partial charge >= 0.3 is 6.09 Å². The van der Waals surface area contributed by atoms with Gasteiger partial charge in [0.25, 0.3) is 0 Å². The van der Waals surface area contributed by atoms with E-state index in [-0.39, 0.29) is 5.41 Å². The summed E-state index contributed by atoms with van der Waals surface area (Å²) in [6, 6.07) is 18.3. The van der Waals surface area contributed by atoms with E-state index in [2.05, 4.69) is 54.8 Å². The van der Waals surface area contributed by atoms with E-state index in [9.17, 15) is 4.79 Å². The molecule has 0 bridgehead atoms. The molecule has 0 radical (unpaired) electrons. The Morgan fingerprint density at radius 1 is 0.935 bits per heavy atom. The van der Waals surface area contributed by atoms with Crippen molar-refractivity contribution in [1.82, 2.24) is 10.4 Å². The Labute approximate surface area is 181 Å². The van der Waals surface area contributed by atoms with Gasteiger partial charge in [0.05, 0.1) is 19.9 Å². The van der Waals surface area contributed by atoms with E-state index in [4.69, 9.17) is 9.47 Å². The number of fused-ring (bicyclic) bond motifs is 2. The van der Waals surface area contributed by atoms with Crippen molar-refractivity contribution in [2.45, 2.75) is 26.2 Å². The summed E-state index contributed by atoms with van der Waals surface area (Å²) < 4.78 is 10.2. The number of nitrogens with one attached hydrogen (secondary N) is 3. The van der Waals surface area contributed by atoms with E-state index < -0.39 is 6.09 Å². The predicted molar refractivity (Wildman–Crippen MR) is 126 cm³/mol. The lowest BCUT2D eigenvalue weighted by Crippen LogP contribution is -2.29. The molecule has 1 heterocycles. The minimum atomic E-state index is -0.559. The number of para-hydroxylation sites is 1. The van der Waals surface area contributed by atoms with Crippen molar-refractivity contribution in [1.29, 1.82) is 0 Å². The van der Waals surface area contributed by atoms with Gasteiger partial charge in [0.2, 0.25) is 0 Å². The Morgan fingerprint density at radius 3 is 2.42 bits per heavy atom. The van der Waals surface area contributed by atoms with Gasteiger partial charge in [-0.15, -0.1) is 0 Å². The largest absolute Gasteiger partial charge is 0.497 e. The topological polar surface area (TPSA) is 75.4 Å². The third-order valence-electron chi connectivity index (χ3n) is 5.42. The Kier molecular flexibility index (Phi) is 5.23. The summed E-state index contributed by atoms with van der Waals surface area (Å²) in [5.41, 5.74) is 10.6. The van der Waals surface area contributed by atoms with Crippen molar-refractivity contribution in [3.05, 3.63) is 60.3 Å². The minimum Gasteiger partial charge on any atom is -0.497 e. The summed E-state index contributed by atoms with van der Waals surface area (Å²) in [7, 11) is 3.00. The zero-order valence-corrected chi connectivity index (χ0v) is 18.4. The number of ether oxygens (including phenoxy) is 2. The summed E-state index contributed by atoms with van der Waals surface area (Å²) in [6.07, 6.45) is -0.559. The van der Waals surface area contributed by atoms with Crippen LogP contribution in [-0.4, -0.2) is 25.3 Å². The highest BCUT2D eigenvalue weighted by Gasteiger charge is 2.26. The molecule has 6 heteroatoms. The van der Waals surface area contributed by atoms with Crippen LogP contribution in [0.25, 0.3) is 32.8 Å². The number of rotatable bonds is 4. The molecule has 0 atom stereocenters. The van der Waals surface area contributed by atoms with Crippen LogP contribution in [0.2, 0.25) is 0 Å². The monoisotopic (exact) mass is 417 g/mol. The second-order valence-electron chi connectivity index (χ2n) is 8.49. The first-order valence-electron chi connectivity index (χ1n) is 10.2. The lowest BCUT2D eigenvalue weighted by molar-refractivity contribution is 0.173. The van der Waals surface area contributed by atoms with E-state index in [0.29, 0.717) is 0 Å². The van der Waals surface area contributed by atoms with Gasteiger partial charge in [0.15, 0.2) is 0 Å². The van der Waals surface area contributed by atoms with E-state index in [1.807, 2.05) is 36.4 Å². The van der Waals surface area contributed by atoms with Crippen LogP contribution in [0.3, 0.4) is 0 Å². The van der Waals surface area contributed by atoms with Crippen LogP contribution in [0.1, 0.15) is 26.5 Å². The number of anilines is 1. The number of benzene rings is 3. The van der Waals surface area contributed by atoms with Crippen molar-refractivity contribution in [2.75, 3.05) is 19.6 Å². The van der Waals surface area contributed by atoms with Gasteiger partial charge in [0, 0.05) is 33.1 Å². The molecule has 0 unspecified atom stereocenters. The van der Waals surface area contributed by atoms with Crippen LogP contribution in [0, 0.1) is 0 Å². The molecule has 0 aliphatic rings. The average molecular weight is 418 g/mol. The Hall–Kier alpha value is -3.67. The van der Waals surface area contributed by atoms with Crippen LogP contribution in [0.4, 0.5) is 10.5 Å². The molecule has 31 heavy (non-hydrogen) atoms. The van der Waals surface area contributed by atoms with E-state index in [1.165, 1.54) is 7.11 Å². The van der Waals surface area contributed by atoms with Gasteiger partial charge in [-0.3, -0.25) is 5.43 Å². The number of carbonyl (C=O) groups excluding carboxylic acids is 1. The molecular formula is C25H27N3O3. The minimum absolute atomic E-state index is 0.129. The molecule has 0 saturated heterocycles. The summed E-state index contributed by atoms with van der Waals surface area (Å²) in [4.78, 5) is 15.4. The highest BCUT2D eigenvalue weighted by Crippen LogP contribution is 2.45. The summed E-state index contributed by atoms with van der Waals surface area (Å²) in [5.74, 6) is 0.793. The lowest BCUT2D eigenvalue weighted by atomic mass is 9.84. The third kappa shape index (κ3) is 3.77. The Morgan fingerprint density at radius 2 is 1.71 bits per heavy atom. The first-order chi connectivity index (χ1) is 14.8. The van der Waals surface area contributed by atoms with E-state index in [1.54, 1.807) is 7.11 Å². The second kappa shape index (κ2) is 7.87. The molecule has 160 valence electrons. The summed E-state index contributed by atoms with van der Waals surface area (Å²) in [5, 5.41) is 3.22. The van der Waals surface area contributed by atoms with Crippen molar-refractivity contribution in [3.8, 4) is 16.9 Å². The number of methoxy groups -OCH3 is 2. The van der Waals surface area contributed by atoms with Gasteiger partial charge in [-0.25, -0.2) is 10.2 Å². The third-order valence-corrected chi connectivity index (χ3v) is 5.42. The van der Waals surface area contributed by atoms with Crippen molar-refractivity contribution >= 4 is 33.5 Å². The van der Waals surface area contributed by atoms with Crippen LogP contribution >= 0.6 is 0 Å². The molecule has 3 aromatic carbocycles. The first kappa shape index (κ1) is 20.6. The van der Waals surface area contributed by atoms with Gasteiger partial charge in [-0.2, -0.15) is 0 Å². The molecule has 0 aliphatic heterocycles. The Balaban J connectivity index is 2.06. The summed E-state index contributed by atoms with van der Waals surface area (Å²) in [6.45, 7) is 6.57. The zero-order chi connectivity index (χ0) is 22.2. The normalized spacial score (nSPS) is 11.5. The molecule has 0 aliphatic carbocycles. The quantitative estimate of drug-likeness (QED) is 0.357. The van der Waals surface area contributed by atoms with Crippen molar-refractivity contribution in [2.24, 2.45) is 0 Å². The van der Waals surface area contributed by atoms with E-state index >= 15 is 0 Å². The predicted octanol–water partition coefficient (Wildman–Crippen LogP) is 5.98. The van der Waals surface area contributed by atoms with Crippen LogP contribution in [0.5, 0.6) is 5.75 Å². The lowest BCUT2D eigenvalue weighted by Gasteiger charge is -2.22. The fourth-order valence-corrected chi connectivity index (χ4v) is 3.94. The number of hydrazine groups is 1. The molecule has 4 aromatic rings. The van der Waals surface area contributed by atoms with Crippen LogP contribution in [0.15, 0.2) is 54.6 Å². The molecule has 3 N–H and O–H groups in total. The van der Waals surface area contributed by atoms with Crippen LogP contribution < -0.4 is 15.6 Å². The highest BCUT2D eigenvalue weighted by atomic mass is 16.5. The Bertz CT molecular complexity index is 1270. The number of hydrogen-bond donors (Lipinski definition) is 3. The number of H-pyrrole nitrogens is 1.